The first-order valence-electron chi connectivity index (χ1n) is 9.07. The highest BCUT2D eigenvalue weighted by Crippen LogP contribution is 2.33. The molecule has 1 aromatic heterocycles. The number of aryl methyl sites for hydroxylation is 1. The Morgan fingerprint density at radius 3 is 2.66 bits per heavy atom. The van der Waals surface area contributed by atoms with Crippen molar-refractivity contribution >= 4 is 29.1 Å². The van der Waals surface area contributed by atoms with E-state index in [0.717, 1.165) is 12.8 Å². The lowest BCUT2D eigenvalue weighted by Crippen LogP contribution is -2.25. The number of hydrogen-bond donors (Lipinski definition) is 2. The van der Waals surface area contributed by atoms with Crippen molar-refractivity contribution < 1.29 is 18.5 Å². The molecule has 0 aliphatic heterocycles. The molecule has 148 valence electrons. The number of benzene rings is 2. The zero-order chi connectivity index (χ0) is 20.5. The largest absolute Gasteiger partial charge is 0.360 e. The molecule has 3 aromatic rings. The van der Waals surface area contributed by atoms with Crippen LogP contribution in [0.1, 0.15) is 39.3 Å². The number of carbonyl (C=O) groups is 2. The summed E-state index contributed by atoms with van der Waals surface area (Å²) in [7, 11) is 0. The molecular weight excluding hydrogens is 397 g/mol. The van der Waals surface area contributed by atoms with E-state index in [1.165, 1.54) is 18.2 Å². The van der Waals surface area contributed by atoms with E-state index < -0.39 is 11.7 Å². The molecule has 29 heavy (non-hydrogen) atoms. The first kappa shape index (κ1) is 19.1. The van der Waals surface area contributed by atoms with Crippen LogP contribution in [0.4, 0.5) is 10.1 Å². The molecular formula is C21H17ClFN3O3. The molecule has 6 nitrogen and oxygen atoms in total. The van der Waals surface area contributed by atoms with Crippen molar-refractivity contribution in [3.8, 4) is 11.3 Å². The molecule has 1 aliphatic carbocycles. The zero-order valence-corrected chi connectivity index (χ0v) is 16.2. The Hall–Kier alpha value is -3.19. The molecule has 0 atom stereocenters. The van der Waals surface area contributed by atoms with Gasteiger partial charge in [-0.2, -0.15) is 0 Å². The van der Waals surface area contributed by atoms with Gasteiger partial charge in [0, 0.05) is 17.3 Å². The van der Waals surface area contributed by atoms with Gasteiger partial charge in [-0.1, -0.05) is 28.9 Å². The third-order valence-corrected chi connectivity index (χ3v) is 4.90. The summed E-state index contributed by atoms with van der Waals surface area (Å²) in [6, 6.07) is 11.0. The summed E-state index contributed by atoms with van der Waals surface area (Å²) < 4.78 is 19.5. The molecule has 2 N–H and O–H groups in total. The number of halogens is 2. The van der Waals surface area contributed by atoms with Crippen LogP contribution in [-0.4, -0.2) is 23.0 Å². The van der Waals surface area contributed by atoms with Crippen LogP contribution in [0.5, 0.6) is 0 Å². The molecule has 0 bridgehead atoms. The van der Waals surface area contributed by atoms with Crippen molar-refractivity contribution in [1.29, 1.82) is 0 Å². The Balaban J connectivity index is 1.61. The molecule has 0 radical (unpaired) electrons. The summed E-state index contributed by atoms with van der Waals surface area (Å²) in [4.78, 5) is 25.1. The van der Waals surface area contributed by atoms with Crippen molar-refractivity contribution in [2.45, 2.75) is 25.8 Å². The van der Waals surface area contributed by atoms with Gasteiger partial charge in [0.25, 0.3) is 11.8 Å². The molecule has 1 saturated carbocycles. The summed E-state index contributed by atoms with van der Waals surface area (Å²) in [6.45, 7) is 1.56. The van der Waals surface area contributed by atoms with Crippen LogP contribution < -0.4 is 10.6 Å². The van der Waals surface area contributed by atoms with Gasteiger partial charge in [-0.15, -0.1) is 0 Å². The molecule has 1 fully saturated rings. The number of anilines is 1. The van der Waals surface area contributed by atoms with Gasteiger partial charge < -0.3 is 15.2 Å². The summed E-state index contributed by atoms with van der Waals surface area (Å²) in [5.41, 5.74) is 0.947. The highest BCUT2D eigenvalue weighted by molar-refractivity contribution is 6.33. The van der Waals surface area contributed by atoms with Gasteiger partial charge in [0.15, 0.2) is 0 Å². The Bertz CT molecular complexity index is 1090. The quantitative estimate of drug-likeness (QED) is 0.640. The number of hydrogen-bond acceptors (Lipinski definition) is 4. The minimum absolute atomic E-state index is 0.00581. The Morgan fingerprint density at radius 1 is 1.17 bits per heavy atom. The Morgan fingerprint density at radius 2 is 1.93 bits per heavy atom. The van der Waals surface area contributed by atoms with Crippen LogP contribution in [0.3, 0.4) is 0 Å². The zero-order valence-electron chi connectivity index (χ0n) is 15.5. The van der Waals surface area contributed by atoms with Crippen molar-refractivity contribution in [3.63, 3.8) is 0 Å². The molecule has 0 spiro atoms. The van der Waals surface area contributed by atoms with E-state index in [2.05, 4.69) is 15.8 Å². The normalized spacial score (nSPS) is 13.2. The lowest BCUT2D eigenvalue weighted by atomic mass is 10.0. The highest BCUT2D eigenvalue weighted by atomic mass is 35.5. The number of nitrogens with zero attached hydrogens (tertiary/aromatic N) is 1. The number of rotatable bonds is 5. The fraction of sp³-hybridized carbons (Fsp3) is 0.190. The average molecular weight is 414 g/mol. The number of aromatic nitrogens is 1. The molecule has 2 aromatic carbocycles. The Labute approximate surface area is 171 Å². The monoisotopic (exact) mass is 413 g/mol. The van der Waals surface area contributed by atoms with E-state index in [-0.39, 0.29) is 39.6 Å². The standard InChI is InChI=1S/C21H17ClFN3O3/c1-11-17(19(26-29-11)18-15(22)6-3-7-16(18)23)21(28)25-14-5-2-4-12(10-14)20(27)24-13-8-9-13/h2-7,10,13H,8-9H2,1H3,(H,24,27)(H,25,28). The molecule has 4 rings (SSSR count). The summed E-state index contributed by atoms with van der Waals surface area (Å²) in [5.74, 6) is -1.13. The van der Waals surface area contributed by atoms with Crippen molar-refractivity contribution in [1.82, 2.24) is 10.5 Å². The van der Waals surface area contributed by atoms with Gasteiger partial charge in [-0.25, -0.2) is 4.39 Å². The van der Waals surface area contributed by atoms with Crippen molar-refractivity contribution in [2.24, 2.45) is 0 Å². The molecule has 0 saturated heterocycles. The van der Waals surface area contributed by atoms with E-state index >= 15 is 0 Å². The number of carbonyl (C=O) groups excluding carboxylic acids is 2. The Kier molecular flexibility index (Phi) is 5.07. The molecule has 1 heterocycles. The third kappa shape index (κ3) is 4.00. The van der Waals surface area contributed by atoms with Crippen LogP contribution in [0.25, 0.3) is 11.3 Å². The maximum atomic E-state index is 14.3. The van der Waals surface area contributed by atoms with Crippen LogP contribution in [0.15, 0.2) is 47.0 Å². The maximum Gasteiger partial charge on any atom is 0.261 e. The lowest BCUT2D eigenvalue weighted by Gasteiger charge is -2.09. The van der Waals surface area contributed by atoms with E-state index in [1.807, 2.05) is 0 Å². The predicted octanol–water partition coefficient (Wildman–Crippen LogP) is 4.59. The van der Waals surface area contributed by atoms with Crippen LogP contribution in [-0.2, 0) is 0 Å². The van der Waals surface area contributed by atoms with Crippen molar-refractivity contribution in [3.05, 3.63) is 70.2 Å². The number of nitrogens with one attached hydrogen (secondary N) is 2. The van der Waals surface area contributed by atoms with Gasteiger partial charge in [-0.3, -0.25) is 9.59 Å². The average Bonchev–Trinajstić information content (AvgIpc) is 3.42. The fourth-order valence-electron chi connectivity index (χ4n) is 2.96. The van der Waals surface area contributed by atoms with Gasteiger partial charge in [-0.05, 0) is 50.1 Å². The van der Waals surface area contributed by atoms with E-state index in [4.69, 9.17) is 16.1 Å². The summed E-state index contributed by atoms with van der Waals surface area (Å²) >= 11 is 6.11. The van der Waals surface area contributed by atoms with E-state index in [9.17, 15) is 14.0 Å². The first-order valence-corrected chi connectivity index (χ1v) is 9.45. The minimum Gasteiger partial charge on any atom is -0.360 e. The maximum absolute atomic E-state index is 14.3. The van der Waals surface area contributed by atoms with Gasteiger partial charge in [0.05, 0.1) is 10.6 Å². The second-order valence-electron chi connectivity index (χ2n) is 6.84. The SMILES string of the molecule is Cc1onc(-c2c(F)cccc2Cl)c1C(=O)Nc1cccc(C(=O)NC2CC2)c1. The molecule has 8 heteroatoms. The molecule has 2 amide bonds. The topological polar surface area (TPSA) is 84.2 Å². The second-order valence-corrected chi connectivity index (χ2v) is 7.25. The van der Waals surface area contributed by atoms with Crippen LogP contribution >= 0.6 is 11.6 Å². The van der Waals surface area contributed by atoms with E-state index in [0.29, 0.717) is 11.3 Å². The number of amides is 2. The van der Waals surface area contributed by atoms with Gasteiger partial charge >= 0.3 is 0 Å². The second kappa shape index (κ2) is 7.67. The predicted molar refractivity (Wildman–Crippen MR) is 107 cm³/mol. The lowest BCUT2D eigenvalue weighted by molar-refractivity contribution is 0.0949. The van der Waals surface area contributed by atoms with E-state index in [1.54, 1.807) is 31.2 Å². The first-order chi connectivity index (χ1) is 13.9. The molecule has 0 unspecified atom stereocenters. The minimum atomic E-state index is -0.612. The molecule has 1 aliphatic rings. The van der Waals surface area contributed by atoms with Crippen LogP contribution in [0.2, 0.25) is 5.02 Å². The third-order valence-electron chi connectivity index (χ3n) is 4.58. The van der Waals surface area contributed by atoms with Gasteiger partial charge in [0.1, 0.15) is 22.8 Å². The van der Waals surface area contributed by atoms with Crippen molar-refractivity contribution in [2.75, 3.05) is 5.32 Å². The van der Waals surface area contributed by atoms with Gasteiger partial charge in [0.2, 0.25) is 0 Å². The summed E-state index contributed by atoms with van der Waals surface area (Å²) in [5, 5.41) is 9.56. The van der Waals surface area contributed by atoms with Crippen LogP contribution in [0, 0.1) is 12.7 Å². The smallest absolute Gasteiger partial charge is 0.261 e. The fourth-order valence-corrected chi connectivity index (χ4v) is 3.21. The summed E-state index contributed by atoms with van der Waals surface area (Å²) in [6.07, 6.45) is 1.96. The highest BCUT2D eigenvalue weighted by Gasteiger charge is 2.26.